The van der Waals surface area contributed by atoms with Gasteiger partial charge in [0.1, 0.15) is 15.6 Å². The van der Waals surface area contributed by atoms with Crippen molar-refractivity contribution in [2.24, 2.45) is 10.9 Å². The lowest BCUT2D eigenvalue weighted by Gasteiger charge is -2.20. The van der Waals surface area contributed by atoms with Crippen LogP contribution in [0.1, 0.15) is 48.2 Å². The molecule has 2 N–H and O–H groups in total. The molecule has 3 atom stereocenters. The number of aliphatic hydroxyl groups is 2. The molecule has 0 aliphatic heterocycles. The lowest BCUT2D eigenvalue weighted by Crippen LogP contribution is -2.35. The van der Waals surface area contributed by atoms with Crippen LogP contribution >= 0.6 is 11.6 Å². The third-order valence-electron chi connectivity index (χ3n) is 6.97. The molecule has 1 aliphatic carbocycles. The molecule has 0 bridgehead atoms. The molecule has 1 saturated carbocycles. The standard InChI is InChI=1S/C27H25BClF3N4O5S/c1-5-9-33-24(15-7-6-8-19(23(15)32)42(4,40)41)18(31)12-35-13(2)10-16(22(29)26(35)37)20-14(3)21(20)25-17(30)11-34-36(25)27(28,38)39/h5-12,14,20-21,38-39H,1-4H3/b9-5+,18-12-,33-24+. The maximum Gasteiger partial charge on any atom is 0.273 e. The Labute approximate surface area is 245 Å². The van der Waals surface area contributed by atoms with Crippen molar-refractivity contribution in [1.82, 2.24) is 14.3 Å². The summed E-state index contributed by atoms with van der Waals surface area (Å²) >= 11 is 6.43. The van der Waals surface area contributed by atoms with E-state index in [0.29, 0.717) is 10.2 Å². The summed E-state index contributed by atoms with van der Waals surface area (Å²) in [6.45, 7) is 4.80. The monoisotopic (exact) mass is 620 g/mol. The number of benzene rings is 1. The fourth-order valence-corrected chi connectivity index (χ4v) is 6.01. The molecular formula is C27H25BClF3N4O5S. The average molecular weight is 621 g/mol. The van der Waals surface area contributed by atoms with Gasteiger partial charge in [-0.15, -0.1) is 0 Å². The first-order valence-electron chi connectivity index (χ1n) is 12.4. The van der Waals surface area contributed by atoms with E-state index in [1.807, 2.05) is 0 Å². The van der Waals surface area contributed by atoms with Gasteiger partial charge in [-0.25, -0.2) is 26.3 Å². The number of pyridine rings is 1. The van der Waals surface area contributed by atoms with Crippen LogP contribution in [0.3, 0.4) is 0 Å². The van der Waals surface area contributed by atoms with Crippen LogP contribution in [-0.2, 0) is 15.6 Å². The van der Waals surface area contributed by atoms with Crippen LogP contribution in [-0.4, -0.2) is 52.8 Å². The molecule has 15 heteroatoms. The molecule has 1 fully saturated rings. The Morgan fingerprint density at radius 3 is 2.52 bits per heavy atom. The molecule has 9 nitrogen and oxygen atoms in total. The van der Waals surface area contributed by atoms with E-state index in [4.69, 9.17) is 19.4 Å². The zero-order chi connectivity index (χ0) is 31.3. The quantitative estimate of drug-likeness (QED) is 0.225. The zero-order valence-corrected chi connectivity index (χ0v) is 24.3. The number of aromatic nitrogens is 3. The van der Waals surface area contributed by atoms with Gasteiger partial charge in [-0.3, -0.25) is 14.4 Å². The largest absolute Gasteiger partial charge is 0.356 e. The van der Waals surface area contributed by atoms with E-state index in [1.54, 1.807) is 13.8 Å². The van der Waals surface area contributed by atoms with Crippen LogP contribution in [0.15, 0.2) is 63.2 Å². The number of sulfone groups is 1. The van der Waals surface area contributed by atoms with Crippen molar-refractivity contribution in [2.45, 2.75) is 43.3 Å². The predicted molar refractivity (Wildman–Crippen MR) is 152 cm³/mol. The SMILES string of the molecule is [B]C(O)(O)n1ncc(F)c1C1C(C)C1c1cc(C)n(/C=C(F)/C(=N/C=C/C)c2cccc(S(C)(=O)=O)c2F)c(=O)c1Cl. The van der Waals surface area contributed by atoms with Gasteiger partial charge in [-0.1, -0.05) is 30.7 Å². The highest BCUT2D eigenvalue weighted by molar-refractivity contribution is 7.90. The number of halogens is 4. The van der Waals surface area contributed by atoms with Crippen molar-refractivity contribution in [3.63, 3.8) is 0 Å². The molecule has 0 saturated heterocycles. The Kier molecular flexibility index (Phi) is 8.49. The molecule has 2 radical (unpaired) electrons. The molecule has 3 aromatic rings. The Bertz CT molecular complexity index is 1830. The molecule has 220 valence electrons. The normalized spacial score (nSPS) is 20.0. The minimum atomic E-state index is -3.99. The molecule has 2 heterocycles. The topological polar surface area (TPSA) is 127 Å². The number of hydrogen-bond acceptors (Lipinski definition) is 7. The summed E-state index contributed by atoms with van der Waals surface area (Å²) in [4.78, 5) is 16.6. The minimum Gasteiger partial charge on any atom is -0.356 e. The van der Waals surface area contributed by atoms with Gasteiger partial charge in [0.25, 0.3) is 5.56 Å². The highest BCUT2D eigenvalue weighted by atomic mass is 35.5. The second-order valence-electron chi connectivity index (χ2n) is 9.94. The third kappa shape index (κ3) is 5.76. The first-order chi connectivity index (χ1) is 19.5. The van der Waals surface area contributed by atoms with Gasteiger partial charge in [0.05, 0.1) is 18.1 Å². The molecule has 0 amide bonds. The van der Waals surface area contributed by atoms with Crippen LogP contribution in [0.25, 0.3) is 6.20 Å². The van der Waals surface area contributed by atoms with Crippen LogP contribution in [0.2, 0.25) is 5.02 Å². The number of hydrogen-bond donors (Lipinski definition) is 2. The summed E-state index contributed by atoms with van der Waals surface area (Å²) in [5.74, 6) is -7.71. The average Bonchev–Trinajstić information content (AvgIpc) is 3.37. The molecule has 2 aromatic heterocycles. The lowest BCUT2D eigenvalue weighted by molar-refractivity contribution is -0.162. The van der Waals surface area contributed by atoms with E-state index < -0.39 is 66.7 Å². The highest BCUT2D eigenvalue weighted by Crippen LogP contribution is 2.61. The van der Waals surface area contributed by atoms with Crippen molar-refractivity contribution in [1.29, 1.82) is 0 Å². The molecule has 1 aliphatic rings. The van der Waals surface area contributed by atoms with E-state index in [1.165, 1.54) is 31.3 Å². The first kappa shape index (κ1) is 31.5. The fraction of sp³-hybridized carbons (Fsp3) is 0.296. The number of rotatable bonds is 8. The van der Waals surface area contributed by atoms with Gasteiger partial charge < -0.3 is 10.2 Å². The van der Waals surface area contributed by atoms with Crippen LogP contribution in [0.4, 0.5) is 13.2 Å². The second-order valence-corrected chi connectivity index (χ2v) is 12.3. The zero-order valence-electron chi connectivity index (χ0n) is 22.8. The predicted octanol–water partition coefficient (Wildman–Crippen LogP) is 3.72. The second kappa shape index (κ2) is 11.3. The Morgan fingerprint density at radius 1 is 1.26 bits per heavy atom. The van der Waals surface area contributed by atoms with Crippen LogP contribution in [0.5, 0.6) is 0 Å². The Balaban J connectivity index is 1.79. The lowest BCUT2D eigenvalue weighted by atomic mass is 10.0. The van der Waals surface area contributed by atoms with Crippen molar-refractivity contribution >= 4 is 41.2 Å². The first-order valence-corrected chi connectivity index (χ1v) is 14.7. The maximum absolute atomic E-state index is 15.7. The van der Waals surface area contributed by atoms with E-state index in [9.17, 15) is 27.8 Å². The van der Waals surface area contributed by atoms with Gasteiger partial charge in [0.2, 0.25) is 5.81 Å². The summed E-state index contributed by atoms with van der Waals surface area (Å²) in [5, 5.41) is 22.9. The summed E-state index contributed by atoms with van der Waals surface area (Å²) in [6, 6.07) is 4.92. The van der Waals surface area contributed by atoms with Crippen molar-refractivity contribution < 1.29 is 31.8 Å². The summed E-state index contributed by atoms with van der Waals surface area (Å²) < 4.78 is 70.9. The van der Waals surface area contributed by atoms with E-state index in [-0.39, 0.29) is 22.3 Å². The number of allylic oxidation sites excluding steroid dienone is 2. The van der Waals surface area contributed by atoms with Crippen LogP contribution in [0, 0.1) is 24.5 Å². The molecule has 3 unspecified atom stereocenters. The third-order valence-corrected chi connectivity index (χ3v) is 8.46. The number of aliphatic imine (C=N–C) groups is 1. The van der Waals surface area contributed by atoms with Crippen molar-refractivity contribution in [2.75, 3.05) is 6.26 Å². The molecular weight excluding hydrogens is 596 g/mol. The Hall–Kier alpha value is -3.46. The van der Waals surface area contributed by atoms with Crippen molar-refractivity contribution in [3.05, 3.63) is 98.1 Å². The Morgan fingerprint density at radius 2 is 1.93 bits per heavy atom. The summed E-state index contributed by atoms with van der Waals surface area (Å²) in [6.07, 6.45) is 4.97. The van der Waals surface area contributed by atoms with E-state index in [2.05, 4.69) is 10.1 Å². The molecule has 4 rings (SSSR count). The van der Waals surface area contributed by atoms with Gasteiger partial charge in [-0.05, 0) is 49.4 Å². The van der Waals surface area contributed by atoms with Gasteiger partial charge in [0.15, 0.2) is 35.1 Å². The summed E-state index contributed by atoms with van der Waals surface area (Å²) in [5.41, 5.74) is -1.54. The van der Waals surface area contributed by atoms with Crippen molar-refractivity contribution in [3.8, 4) is 0 Å². The van der Waals surface area contributed by atoms with Crippen LogP contribution < -0.4 is 5.56 Å². The molecule has 42 heavy (non-hydrogen) atoms. The molecule has 0 spiro atoms. The fourth-order valence-electron chi connectivity index (χ4n) is 4.97. The van der Waals surface area contributed by atoms with E-state index >= 15 is 8.78 Å². The van der Waals surface area contributed by atoms with Gasteiger partial charge in [-0.2, -0.15) is 5.10 Å². The number of aryl methyl sites for hydroxylation is 1. The van der Waals surface area contributed by atoms with E-state index in [0.717, 1.165) is 35.4 Å². The number of nitrogens with zero attached hydrogens (tertiary/aromatic N) is 4. The van der Waals surface area contributed by atoms with Gasteiger partial charge >= 0.3 is 0 Å². The highest BCUT2D eigenvalue weighted by Gasteiger charge is 2.53. The maximum atomic E-state index is 15.7. The van der Waals surface area contributed by atoms with Gasteiger partial charge in [0, 0.05) is 29.6 Å². The minimum absolute atomic E-state index is 0.188. The summed E-state index contributed by atoms with van der Waals surface area (Å²) in [7, 11) is 1.32. The smallest absolute Gasteiger partial charge is 0.273 e. The molecule has 1 aromatic carbocycles.